The van der Waals surface area contributed by atoms with Gasteiger partial charge in [0.1, 0.15) is 5.01 Å². The SMILES string of the molecule is CC(C)(NS(=O)(=O)CC1CCCNC1)c1nccs1. The molecule has 1 fully saturated rings. The highest BCUT2D eigenvalue weighted by Gasteiger charge is 2.30. The summed E-state index contributed by atoms with van der Waals surface area (Å²) in [5.41, 5.74) is -0.644. The summed E-state index contributed by atoms with van der Waals surface area (Å²) in [6, 6.07) is 0. The van der Waals surface area contributed by atoms with Crippen LogP contribution in [0.1, 0.15) is 31.7 Å². The standard InChI is InChI=1S/C12H21N3O2S2/c1-12(2,11-14-6-7-18-11)15-19(16,17)9-10-4-3-5-13-8-10/h6-7,10,13,15H,3-5,8-9H2,1-2H3. The zero-order valence-corrected chi connectivity index (χ0v) is 13.0. The van der Waals surface area contributed by atoms with Gasteiger partial charge in [0, 0.05) is 11.6 Å². The Hall–Kier alpha value is -0.500. The van der Waals surface area contributed by atoms with E-state index in [1.165, 1.54) is 11.3 Å². The molecule has 0 aromatic carbocycles. The van der Waals surface area contributed by atoms with Gasteiger partial charge in [-0.2, -0.15) is 0 Å². The second kappa shape index (κ2) is 5.87. The molecule has 7 heteroatoms. The number of aromatic nitrogens is 1. The summed E-state index contributed by atoms with van der Waals surface area (Å²) in [7, 11) is -3.29. The first-order valence-corrected chi connectivity index (χ1v) is 9.04. The van der Waals surface area contributed by atoms with Crippen LogP contribution < -0.4 is 10.0 Å². The molecule has 1 atom stereocenters. The lowest BCUT2D eigenvalue weighted by Gasteiger charge is -2.27. The number of hydrogen-bond donors (Lipinski definition) is 2. The number of thiazole rings is 1. The lowest BCUT2D eigenvalue weighted by Crippen LogP contribution is -2.45. The van der Waals surface area contributed by atoms with Crippen molar-refractivity contribution in [3.8, 4) is 0 Å². The Kier molecular flexibility index (Phi) is 4.60. The second-order valence-corrected chi connectivity index (χ2v) is 8.22. The summed E-state index contributed by atoms with van der Waals surface area (Å²) in [5.74, 6) is 0.396. The van der Waals surface area contributed by atoms with Crippen molar-refractivity contribution in [2.24, 2.45) is 5.92 Å². The molecule has 0 aliphatic carbocycles. The first-order valence-electron chi connectivity index (χ1n) is 6.51. The Balaban J connectivity index is 2.00. The van der Waals surface area contributed by atoms with Gasteiger partial charge in [-0.15, -0.1) is 11.3 Å². The van der Waals surface area contributed by atoms with E-state index < -0.39 is 15.6 Å². The van der Waals surface area contributed by atoms with Crippen molar-refractivity contribution in [1.82, 2.24) is 15.0 Å². The van der Waals surface area contributed by atoms with Gasteiger partial charge in [-0.25, -0.2) is 18.1 Å². The smallest absolute Gasteiger partial charge is 0.212 e. The number of hydrogen-bond acceptors (Lipinski definition) is 5. The fraction of sp³-hybridized carbons (Fsp3) is 0.750. The van der Waals surface area contributed by atoms with Crippen molar-refractivity contribution in [1.29, 1.82) is 0 Å². The summed E-state index contributed by atoms with van der Waals surface area (Å²) in [5, 5.41) is 5.89. The van der Waals surface area contributed by atoms with Crippen LogP contribution >= 0.6 is 11.3 Å². The minimum absolute atomic E-state index is 0.189. The van der Waals surface area contributed by atoms with E-state index in [1.807, 2.05) is 19.2 Å². The highest BCUT2D eigenvalue weighted by atomic mass is 32.2. The van der Waals surface area contributed by atoms with E-state index >= 15 is 0 Å². The van der Waals surface area contributed by atoms with Crippen LogP contribution in [0.15, 0.2) is 11.6 Å². The highest BCUT2D eigenvalue weighted by molar-refractivity contribution is 7.89. The van der Waals surface area contributed by atoms with Crippen LogP contribution in [-0.4, -0.2) is 32.2 Å². The molecular weight excluding hydrogens is 282 g/mol. The van der Waals surface area contributed by atoms with Gasteiger partial charge in [0.05, 0.1) is 11.3 Å². The Bertz CT molecular complexity index is 491. The van der Waals surface area contributed by atoms with Gasteiger partial charge in [-0.3, -0.25) is 0 Å². The van der Waals surface area contributed by atoms with Crippen molar-refractivity contribution in [2.45, 2.75) is 32.2 Å². The molecule has 1 unspecified atom stereocenters. The number of piperidine rings is 1. The molecule has 1 saturated heterocycles. The molecular formula is C12H21N3O2S2. The maximum atomic E-state index is 12.2. The van der Waals surface area contributed by atoms with E-state index in [2.05, 4.69) is 15.0 Å². The topological polar surface area (TPSA) is 71.1 Å². The van der Waals surface area contributed by atoms with E-state index in [0.29, 0.717) is 0 Å². The largest absolute Gasteiger partial charge is 0.316 e. The number of nitrogens with zero attached hydrogens (tertiary/aromatic N) is 1. The van der Waals surface area contributed by atoms with Crippen molar-refractivity contribution in [3.63, 3.8) is 0 Å². The molecule has 2 N–H and O–H groups in total. The Morgan fingerprint density at radius 3 is 2.95 bits per heavy atom. The molecule has 0 radical (unpaired) electrons. The maximum absolute atomic E-state index is 12.2. The van der Waals surface area contributed by atoms with E-state index in [9.17, 15) is 8.42 Å². The molecule has 5 nitrogen and oxygen atoms in total. The minimum Gasteiger partial charge on any atom is -0.316 e. The lowest BCUT2D eigenvalue weighted by atomic mass is 10.0. The zero-order chi connectivity index (χ0) is 13.9. The molecule has 1 aromatic heterocycles. The van der Waals surface area contributed by atoms with Crippen LogP contribution in [0, 0.1) is 5.92 Å². The molecule has 0 bridgehead atoms. The maximum Gasteiger partial charge on any atom is 0.212 e. The van der Waals surface area contributed by atoms with Gasteiger partial charge in [-0.05, 0) is 45.7 Å². The van der Waals surface area contributed by atoms with Crippen LogP contribution in [0.25, 0.3) is 0 Å². The molecule has 0 saturated carbocycles. The van der Waals surface area contributed by atoms with Crippen LogP contribution in [0.2, 0.25) is 0 Å². The van der Waals surface area contributed by atoms with Crippen LogP contribution in [0.5, 0.6) is 0 Å². The van der Waals surface area contributed by atoms with E-state index in [1.54, 1.807) is 6.20 Å². The quantitative estimate of drug-likeness (QED) is 0.860. The van der Waals surface area contributed by atoms with Crippen molar-refractivity contribution in [2.75, 3.05) is 18.8 Å². The number of rotatable bonds is 5. The highest BCUT2D eigenvalue weighted by Crippen LogP contribution is 2.23. The van der Waals surface area contributed by atoms with Gasteiger partial charge < -0.3 is 5.32 Å². The van der Waals surface area contributed by atoms with Gasteiger partial charge in [0.15, 0.2) is 0 Å². The number of nitrogens with one attached hydrogen (secondary N) is 2. The van der Waals surface area contributed by atoms with E-state index in [-0.39, 0.29) is 11.7 Å². The van der Waals surface area contributed by atoms with Crippen LogP contribution in [0.3, 0.4) is 0 Å². The first kappa shape index (κ1) is 14.9. The van der Waals surface area contributed by atoms with E-state index in [4.69, 9.17) is 0 Å². The predicted molar refractivity (Wildman–Crippen MR) is 77.7 cm³/mol. The molecule has 19 heavy (non-hydrogen) atoms. The average molecular weight is 303 g/mol. The monoisotopic (exact) mass is 303 g/mol. The molecule has 1 aliphatic rings. The molecule has 0 spiro atoms. The van der Waals surface area contributed by atoms with Gasteiger partial charge >= 0.3 is 0 Å². The van der Waals surface area contributed by atoms with Crippen molar-refractivity contribution in [3.05, 3.63) is 16.6 Å². The number of sulfonamides is 1. The van der Waals surface area contributed by atoms with Gasteiger partial charge in [0.25, 0.3) is 0 Å². The fourth-order valence-electron chi connectivity index (χ4n) is 2.38. The van der Waals surface area contributed by atoms with E-state index in [0.717, 1.165) is 30.9 Å². The third kappa shape index (κ3) is 4.24. The molecule has 0 amide bonds. The summed E-state index contributed by atoms with van der Waals surface area (Å²) < 4.78 is 27.3. The van der Waals surface area contributed by atoms with Crippen molar-refractivity contribution >= 4 is 21.4 Å². The fourth-order valence-corrected chi connectivity index (χ4v) is 5.03. The normalized spacial score (nSPS) is 21.5. The van der Waals surface area contributed by atoms with Crippen LogP contribution in [-0.2, 0) is 15.6 Å². The zero-order valence-electron chi connectivity index (χ0n) is 11.3. The lowest BCUT2D eigenvalue weighted by molar-refractivity contribution is 0.397. The summed E-state index contributed by atoms with van der Waals surface area (Å²) in [6.45, 7) is 5.48. The summed E-state index contributed by atoms with van der Waals surface area (Å²) in [4.78, 5) is 4.20. The molecule has 2 heterocycles. The first-order chi connectivity index (χ1) is 8.89. The average Bonchev–Trinajstić information content (AvgIpc) is 2.81. The Morgan fingerprint density at radius 2 is 2.37 bits per heavy atom. The third-order valence-corrected chi connectivity index (χ3v) is 6.06. The second-order valence-electron chi connectivity index (χ2n) is 5.56. The van der Waals surface area contributed by atoms with Gasteiger partial charge in [-0.1, -0.05) is 0 Å². The molecule has 2 rings (SSSR count). The van der Waals surface area contributed by atoms with Gasteiger partial charge in [0.2, 0.25) is 10.0 Å². The Morgan fingerprint density at radius 1 is 1.58 bits per heavy atom. The predicted octanol–water partition coefficient (Wildman–Crippen LogP) is 1.30. The summed E-state index contributed by atoms with van der Waals surface area (Å²) in [6.07, 6.45) is 3.72. The molecule has 108 valence electrons. The van der Waals surface area contributed by atoms with Crippen LogP contribution in [0.4, 0.5) is 0 Å². The Labute approximate surface area is 118 Å². The summed E-state index contributed by atoms with van der Waals surface area (Å²) >= 11 is 1.47. The molecule has 1 aromatic rings. The third-order valence-electron chi connectivity index (χ3n) is 3.23. The molecule has 1 aliphatic heterocycles. The van der Waals surface area contributed by atoms with Crippen molar-refractivity contribution < 1.29 is 8.42 Å². The minimum atomic E-state index is -3.29.